The Bertz CT molecular complexity index is 1680. The minimum Gasteiger partial charge on any atom is -0.481 e. The first kappa shape index (κ1) is 25.3. The average molecular weight is 599 g/mol. The van der Waals surface area contributed by atoms with Gasteiger partial charge in [-0.1, -0.05) is 22.9 Å². The number of nitrogens with one attached hydrogen (secondary N) is 1. The number of halogens is 1. The van der Waals surface area contributed by atoms with Crippen LogP contribution < -0.4 is 9.64 Å². The van der Waals surface area contributed by atoms with Crippen LogP contribution in [0.1, 0.15) is 27.3 Å². The summed E-state index contributed by atoms with van der Waals surface area (Å²) in [6, 6.07) is 5.19. The van der Waals surface area contributed by atoms with Gasteiger partial charge in [-0.3, -0.25) is 4.79 Å². The van der Waals surface area contributed by atoms with Crippen molar-refractivity contribution in [2.45, 2.75) is 19.4 Å². The number of aryl methyl sites for hydroxylation is 1. The molecule has 7 heterocycles. The van der Waals surface area contributed by atoms with Crippen molar-refractivity contribution in [3.63, 3.8) is 0 Å². The molecule has 13 nitrogen and oxygen atoms in total. The highest BCUT2D eigenvalue weighted by atomic mass is 35.5. The van der Waals surface area contributed by atoms with Crippen molar-refractivity contribution in [2.24, 2.45) is 0 Å². The van der Waals surface area contributed by atoms with Crippen LogP contribution in [-0.4, -0.2) is 90.5 Å². The number of thiophene rings is 1. The van der Waals surface area contributed by atoms with Crippen molar-refractivity contribution in [2.75, 3.05) is 44.4 Å². The number of imidazole rings is 1. The molecule has 5 aromatic rings. The summed E-state index contributed by atoms with van der Waals surface area (Å²) in [6.07, 6.45) is 0.617. The lowest BCUT2D eigenvalue weighted by Crippen LogP contribution is -2.43. The van der Waals surface area contributed by atoms with E-state index in [9.17, 15) is 4.79 Å². The number of aromatic nitrogens is 8. The van der Waals surface area contributed by atoms with E-state index in [0.717, 1.165) is 50.7 Å². The standard InChI is InChI=1S/C24H23ClN10O3S2/c1-13-30-35-20-15(26-24(35)40-13)4-5-34(21(20)17-10-14(12-39-17)23-28-31-32-29-23)19(36)11-38-16-2-3-18(27-22(16)25)33-6-8-37-9-7-33/h2-3,10,12,21H,4-9,11H2,1H3,(H,28,29,31,32). The first-order chi connectivity index (χ1) is 19.5. The van der Waals surface area contributed by atoms with Gasteiger partial charge in [0.2, 0.25) is 10.8 Å². The van der Waals surface area contributed by atoms with Crippen LogP contribution in [0.15, 0.2) is 23.6 Å². The highest BCUT2D eigenvalue weighted by molar-refractivity contribution is 7.16. The van der Waals surface area contributed by atoms with Gasteiger partial charge in [-0.05, 0) is 30.3 Å². The molecule has 16 heteroatoms. The smallest absolute Gasteiger partial charge is 0.261 e. The van der Waals surface area contributed by atoms with Gasteiger partial charge < -0.3 is 19.3 Å². The van der Waals surface area contributed by atoms with E-state index in [-0.39, 0.29) is 17.7 Å². The topological polar surface area (TPSA) is 140 Å². The number of carbonyl (C=O) groups is 1. The highest BCUT2D eigenvalue weighted by Crippen LogP contribution is 2.40. The van der Waals surface area contributed by atoms with Gasteiger partial charge in [0, 0.05) is 41.9 Å². The largest absolute Gasteiger partial charge is 0.481 e. The number of nitrogens with zero attached hydrogens (tertiary/aromatic N) is 9. The molecule has 1 atom stereocenters. The Labute approximate surface area is 240 Å². The molecule has 1 unspecified atom stereocenters. The van der Waals surface area contributed by atoms with Gasteiger partial charge in [0.25, 0.3) is 5.91 Å². The van der Waals surface area contributed by atoms with Gasteiger partial charge in [-0.15, -0.1) is 21.5 Å². The molecule has 1 amide bonds. The fourth-order valence-electron chi connectivity index (χ4n) is 5.03. The molecule has 1 fully saturated rings. The number of amides is 1. The van der Waals surface area contributed by atoms with Gasteiger partial charge in [-0.25, -0.2) is 14.5 Å². The molecule has 2 aliphatic heterocycles. The summed E-state index contributed by atoms with van der Waals surface area (Å²) < 4.78 is 13.2. The van der Waals surface area contributed by atoms with Crippen molar-refractivity contribution < 1.29 is 14.3 Å². The van der Waals surface area contributed by atoms with Crippen molar-refractivity contribution in [1.82, 2.24) is 45.1 Å². The average Bonchev–Trinajstić information content (AvgIpc) is 3.77. The van der Waals surface area contributed by atoms with E-state index in [4.69, 9.17) is 31.2 Å². The predicted octanol–water partition coefficient (Wildman–Crippen LogP) is 2.78. The second-order valence-corrected chi connectivity index (χ2v) is 11.8. The number of ether oxygens (including phenoxy) is 2. The SMILES string of the molecule is Cc1nn2c3c(nc2s1)CCN(C(=O)COc1ccc(N2CCOCC2)nc1Cl)C3c1cc(-c2nn[nH]n2)cs1. The number of morpholine rings is 1. The number of pyridine rings is 1. The van der Waals surface area contributed by atoms with Crippen LogP contribution in [0.5, 0.6) is 5.75 Å². The zero-order chi connectivity index (χ0) is 27.2. The van der Waals surface area contributed by atoms with Crippen LogP contribution in [0.2, 0.25) is 5.15 Å². The number of hydrogen-bond donors (Lipinski definition) is 1. The van der Waals surface area contributed by atoms with Gasteiger partial charge in [0.05, 0.1) is 24.6 Å². The van der Waals surface area contributed by atoms with Crippen molar-refractivity contribution in [3.05, 3.63) is 50.0 Å². The minimum absolute atomic E-state index is 0.180. The maximum atomic E-state index is 13.7. The molecule has 0 aromatic carbocycles. The summed E-state index contributed by atoms with van der Waals surface area (Å²) in [4.78, 5) is 28.7. The van der Waals surface area contributed by atoms with Crippen molar-refractivity contribution in [1.29, 1.82) is 0 Å². The molecule has 0 bridgehead atoms. The zero-order valence-corrected chi connectivity index (χ0v) is 23.7. The summed E-state index contributed by atoms with van der Waals surface area (Å²) >= 11 is 9.51. The van der Waals surface area contributed by atoms with Crippen LogP contribution in [0.3, 0.4) is 0 Å². The quantitative estimate of drug-likeness (QED) is 0.290. The van der Waals surface area contributed by atoms with E-state index in [1.165, 1.54) is 22.7 Å². The Morgan fingerprint density at radius 2 is 2.12 bits per heavy atom. The fraction of sp³-hybridized carbons (Fsp3) is 0.375. The third-order valence-electron chi connectivity index (χ3n) is 6.87. The van der Waals surface area contributed by atoms with E-state index >= 15 is 0 Å². The lowest BCUT2D eigenvalue weighted by Gasteiger charge is -2.34. The summed E-state index contributed by atoms with van der Waals surface area (Å²) in [5.74, 6) is 1.43. The van der Waals surface area contributed by atoms with Gasteiger partial charge in [-0.2, -0.15) is 10.3 Å². The number of hydrogen-bond acceptors (Lipinski definition) is 12. The maximum Gasteiger partial charge on any atom is 0.261 e. The molecule has 206 valence electrons. The van der Waals surface area contributed by atoms with E-state index in [2.05, 4.69) is 30.5 Å². The highest BCUT2D eigenvalue weighted by Gasteiger charge is 2.38. The van der Waals surface area contributed by atoms with Crippen LogP contribution >= 0.6 is 34.3 Å². The van der Waals surface area contributed by atoms with Crippen LogP contribution in [-0.2, 0) is 16.0 Å². The third-order valence-corrected chi connectivity index (χ3v) is 8.95. The number of carbonyl (C=O) groups excluding carboxylic acids is 1. The normalized spacial score (nSPS) is 17.4. The first-order valence-corrected chi connectivity index (χ1v) is 14.7. The summed E-state index contributed by atoms with van der Waals surface area (Å²) in [5, 5.41) is 22.1. The molecule has 0 aliphatic carbocycles. The molecular formula is C24H23ClN10O3S2. The maximum absolute atomic E-state index is 13.7. The zero-order valence-electron chi connectivity index (χ0n) is 21.3. The molecule has 0 spiro atoms. The number of fused-ring (bicyclic) bond motifs is 3. The number of anilines is 1. The fourth-order valence-corrected chi connectivity index (χ4v) is 7.00. The Morgan fingerprint density at radius 1 is 1.25 bits per heavy atom. The second kappa shape index (κ2) is 10.4. The lowest BCUT2D eigenvalue weighted by atomic mass is 10.0. The van der Waals surface area contributed by atoms with Crippen LogP contribution in [0.25, 0.3) is 16.3 Å². The van der Waals surface area contributed by atoms with Gasteiger partial charge in [0.15, 0.2) is 17.5 Å². The summed E-state index contributed by atoms with van der Waals surface area (Å²) in [6.45, 7) is 5.04. The number of H-pyrrole nitrogens is 1. The van der Waals surface area contributed by atoms with E-state index in [1.54, 1.807) is 6.07 Å². The van der Waals surface area contributed by atoms with Crippen LogP contribution in [0, 0.1) is 6.92 Å². The number of aromatic amines is 1. The molecule has 2 aliphatic rings. The molecule has 7 rings (SSSR count). The Kier molecular flexibility index (Phi) is 6.57. The van der Waals surface area contributed by atoms with Crippen molar-refractivity contribution >= 4 is 51.0 Å². The minimum atomic E-state index is -0.403. The Hall–Kier alpha value is -3.66. The number of tetrazole rings is 1. The van der Waals surface area contributed by atoms with Gasteiger partial charge in [0.1, 0.15) is 16.9 Å². The Balaban J connectivity index is 1.16. The van der Waals surface area contributed by atoms with Crippen LogP contribution in [0.4, 0.5) is 5.82 Å². The van der Waals surface area contributed by atoms with E-state index in [1.807, 2.05) is 33.9 Å². The first-order valence-electron chi connectivity index (χ1n) is 12.6. The van der Waals surface area contributed by atoms with E-state index in [0.29, 0.717) is 37.8 Å². The molecule has 40 heavy (non-hydrogen) atoms. The molecule has 0 saturated carbocycles. The van der Waals surface area contributed by atoms with Gasteiger partial charge >= 0.3 is 0 Å². The molecule has 1 N–H and O–H groups in total. The van der Waals surface area contributed by atoms with Crippen molar-refractivity contribution in [3.8, 4) is 17.1 Å². The summed E-state index contributed by atoms with van der Waals surface area (Å²) in [5.41, 5.74) is 2.64. The monoisotopic (exact) mass is 598 g/mol. The van der Waals surface area contributed by atoms with E-state index < -0.39 is 6.04 Å². The molecular weight excluding hydrogens is 576 g/mol. The number of rotatable bonds is 6. The summed E-state index contributed by atoms with van der Waals surface area (Å²) in [7, 11) is 0. The third kappa shape index (κ3) is 4.58. The second-order valence-electron chi connectivity index (χ2n) is 9.32. The Morgan fingerprint density at radius 3 is 2.92 bits per heavy atom. The predicted molar refractivity (Wildman–Crippen MR) is 148 cm³/mol. The lowest BCUT2D eigenvalue weighted by molar-refractivity contribution is -0.135. The molecule has 0 radical (unpaired) electrons. The molecule has 1 saturated heterocycles. The molecule has 5 aromatic heterocycles.